The Balaban J connectivity index is 1.68. The van der Waals surface area contributed by atoms with E-state index in [0.717, 1.165) is 0 Å². The topological polar surface area (TPSA) is 64.6 Å². The molecule has 0 aliphatic carbocycles. The SMILES string of the molecule is O=C(COc1ccccc1Cl)Oc1c(Cl)cc(Cl)cc1CNC(=O)c1ccc(Cl)cc1. The minimum absolute atomic E-state index is 0.0235. The first-order chi connectivity index (χ1) is 14.8. The molecule has 5 nitrogen and oxygen atoms in total. The number of rotatable bonds is 7. The first-order valence-corrected chi connectivity index (χ1v) is 10.4. The molecule has 31 heavy (non-hydrogen) atoms. The average molecular weight is 499 g/mol. The van der Waals surface area contributed by atoms with Crippen molar-refractivity contribution in [1.29, 1.82) is 0 Å². The molecule has 0 atom stereocenters. The van der Waals surface area contributed by atoms with E-state index in [9.17, 15) is 9.59 Å². The Hall–Kier alpha value is -2.44. The first-order valence-electron chi connectivity index (χ1n) is 8.93. The van der Waals surface area contributed by atoms with Gasteiger partial charge in [-0.3, -0.25) is 4.79 Å². The van der Waals surface area contributed by atoms with Gasteiger partial charge in [-0.05, 0) is 48.5 Å². The molecular formula is C22H15Cl4NO4. The molecule has 0 aliphatic rings. The summed E-state index contributed by atoms with van der Waals surface area (Å²) in [6, 6.07) is 16.1. The lowest BCUT2D eigenvalue weighted by Crippen LogP contribution is -2.24. The molecule has 0 saturated carbocycles. The number of nitrogens with one attached hydrogen (secondary N) is 1. The fourth-order valence-corrected chi connectivity index (χ4v) is 3.47. The van der Waals surface area contributed by atoms with Crippen LogP contribution in [-0.2, 0) is 11.3 Å². The maximum Gasteiger partial charge on any atom is 0.349 e. The second-order valence-corrected chi connectivity index (χ2v) is 7.95. The number of carbonyl (C=O) groups excluding carboxylic acids is 2. The predicted molar refractivity (Wildman–Crippen MR) is 122 cm³/mol. The molecule has 9 heteroatoms. The van der Waals surface area contributed by atoms with Crippen molar-refractivity contribution in [3.8, 4) is 11.5 Å². The van der Waals surface area contributed by atoms with Crippen LogP contribution in [0.3, 0.4) is 0 Å². The van der Waals surface area contributed by atoms with Crippen LogP contribution < -0.4 is 14.8 Å². The molecule has 0 fully saturated rings. The molecular weight excluding hydrogens is 484 g/mol. The molecule has 0 spiro atoms. The molecule has 3 aromatic rings. The Bertz CT molecular complexity index is 1100. The van der Waals surface area contributed by atoms with Gasteiger partial charge in [0.15, 0.2) is 12.4 Å². The van der Waals surface area contributed by atoms with Gasteiger partial charge >= 0.3 is 5.97 Å². The van der Waals surface area contributed by atoms with Crippen molar-refractivity contribution >= 4 is 58.3 Å². The lowest BCUT2D eigenvalue weighted by molar-refractivity contribution is -0.136. The third-order valence-electron chi connectivity index (χ3n) is 4.03. The normalized spacial score (nSPS) is 10.5. The van der Waals surface area contributed by atoms with E-state index >= 15 is 0 Å². The van der Waals surface area contributed by atoms with Gasteiger partial charge in [0.05, 0.1) is 10.0 Å². The van der Waals surface area contributed by atoms with Crippen LogP contribution in [0.1, 0.15) is 15.9 Å². The molecule has 0 saturated heterocycles. The lowest BCUT2D eigenvalue weighted by Gasteiger charge is -2.14. The van der Waals surface area contributed by atoms with Crippen LogP contribution in [0.2, 0.25) is 20.1 Å². The summed E-state index contributed by atoms with van der Waals surface area (Å²) in [7, 11) is 0. The number of ether oxygens (including phenoxy) is 2. The highest BCUT2D eigenvalue weighted by Gasteiger charge is 2.17. The molecule has 0 aromatic heterocycles. The van der Waals surface area contributed by atoms with E-state index < -0.39 is 5.97 Å². The van der Waals surface area contributed by atoms with Gasteiger partial charge in [-0.2, -0.15) is 0 Å². The van der Waals surface area contributed by atoms with Crippen molar-refractivity contribution in [1.82, 2.24) is 5.32 Å². The van der Waals surface area contributed by atoms with E-state index in [1.54, 1.807) is 54.6 Å². The second-order valence-electron chi connectivity index (χ2n) is 6.26. The Morgan fingerprint density at radius 1 is 0.839 bits per heavy atom. The maximum absolute atomic E-state index is 12.4. The highest BCUT2D eigenvalue weighted by Crippen LogP contribution is 2.33. The number of esters is 1. The van der Waals surface area contributed by atoms with Crippen molar-refractivity contribution < 1.29 is 19.1 Å². The molecule has 0 bridgehead atoms. The van der Waals surface area contributed by atoms with Crippen LogP contribution in [0.15, 0.2) is 60.7 Å². The number of amides is 1. The van der Waals surface area contributed by atoms with Crippen LogP contribution in [0.25, 0.3) is 0 Å². The molecule has 0 radical (unpaired) electrons. The number of para-hydroxylation sites is 1. The summed E-state index contributed by atoms with van der Waals surface area (Å²) in [5.74, 6) is -0.615. The lowest BCUT2D eigenvalue weighted by atomic mass is 10.1. The smallest absolute Gasteiger partial charge is 0.349 e. The second kappa shape index (κ2) is 10.7. The van der Waals surface area contributed by atoms with Crippen LogP contribution in [0.5, 0.6) is 11.5 Å². The Morgan fingerprint density at radius 3 is 2.26 bits per heavy atom. The molecule has 3 aromatic carbocycles. The third-order valence-corrected chi connectivity index (χ3v) is 5.09. The quantitative estimate of drug-likeness (QED) is 0.310. The Labute approximate surface area is 198 Å². The predicted octanol–water partition coefficient (Wildman–Crippen LogP) is 6.21. The highest BCUT2D eigenvalue weighted by atomic mass is 35.5. The van der Waals surface area contributed by atoms with Gasteiger partial charge in [0, 0.05) is 27.7 Å². The molecule has 3 rings (SSSR count). The number of benzene rings is 3. The zero-order valence-corrected chi connectivity index (χ0v) is 18.9. The monoisotopic (exact) mass is 497 g/mol. The fourth-order valence-electron chi connectivity index (χ4n) is 2.58. The van der Waals surface area contributed by atoms with Gasteiger partial charge < -0.3 is 14.8 Å². The Morgan fingerprint density at radius 2 is 1.55 bits per heavy atom. The standard InChI is InChI=1S/C22H15Cl4NO4/c23-15-7-5-13(6-8-15)22(29)27-11-14-9-16(24)10-18(26)21(14)31-20(28)12-30-19-4-2-1-3-17(19)25/h1-10H,11-12H2,(H,27,29). The molecule has 0 unspecified atom stereocenters. The van der Waals surface area contributed by atoms with E-state index in [1.165, 1.54) is 6.07 Å². The summed E-state index contributed by atoms with van der Waals surface area (Å²) in [6.07, 6.45) is 0. The van der Waals surface area contributed by atoms with Crippen molar-refractivity contribution in [2.75, 3.05) is 6.61 Å². The van der Waals surface area contributed by atoms with Crippen LogP contribution in [0.4, 0.5) is 0 Å². The minimum atomic E-state index is -0.700. The van der Waals surface area contributed by atoms with Gasteiger partial charge in [-0.15, -0.1) is 0 Å². The highest BCUT2D eigenvalue weighted by molar-refractivity contribution is 6.35. The van der Waals surface area contributed by atoms with Gasteiger partial charge in [0.1, 0.15) is 5.75 Å². The van der Waals surface area contributed by atoms with Crippen molar-refractivity contribution in [3.63, 3.8) is 0 Å². The molecule has 1 amide bonds. The van der Waals surface area contributed by atoms with E-state index in [-0.39, 0.29) is 29.8 Å². The van der Waals surface area contributed by atoms with E-state index in [1.807, 2.05) is 0 Å². The summed E-state index contributed by atoms with van der Waals surface area (Å²) >= 11 is 24.1. The van der Waals surface area contributed by atoms with Crippen LogP contribution >= 0.6 is 46.4 Å². The summed E-state index contributed by atoms with van der Waals surface area (Å²) < 4.78 is 10.8. The zero-order chi connectivity index (χ0) is 22.4. The molecule has 160 valence electrons. The van der Waals surface area contributed by atoms with Crippen LogP contribution in [0, 0.1) is 0 Å². The third kappa shape index (κ3) is 6.52. The number of carbonyl (C=O) groups is 2. The minimum Gasteiger partial charge on any atom is -0.480 e. The van der Waals surface area contributed by atoms with E-state index in [4.69, 9.17) is 55.9 Å². The first kappa shape index (κ1) is 23.2. The van der Waals surface area contributed by atoms with Gasteiger partial charge in [-0.25, -0.2) is 4.79 Å². The number of halogens is 4. The van der Waals surface area contributed by atoms with Crippen molar-refractivity contribution in [3.05, 3.63) is 91.9 Å². The largest absolute Gasteiger partial charge is 0.480 e. The number of hydrogen-bond acceptors (Lipinski definition) is 4. The Kier molecular flexibility index (Phi) is 8.04. The van der Waals surface area contributed by atoms with Crippen LogP contribution in [-0.4, -0.2) is 18.5 Å². The van der Waals surface area contributed by atoms with Crippen molar-refractivity contribution in [2.24, 2.45) is 0 Å². The average Bonchev–Trinajstić information content (AvgIpc) is 2.74. The maximum atomic E-state index is 12.4. The molecule has 0 aliphatic heterocycles. The summed E-state index contributed by atoms with van der Waals surface area (Å²) in [6.45, 7) is -0.366. The van der Waals surface area contributed by atoms with Gasteiger partial charge in [-0.1, -0.05) is 58.5 Å². The summed E-state index contributed by atoms with van der Waals surface area (Å²) in [4.78, 5) is 24.7. The number of hydrogen-bond donors (Lipinski definition) is 1. The fraction of sp³-hybridized carbons (Fsp3) is 0.0909. The zero-order valence-electron chi connectivity index (χ0n) is 15.8. The molecule has 1 N–H and O–H groups in total. The van der Waals surface area contributed by atoms with E-state index in [2.05, 4.69) is 5.32 Å². The summed E-state index contributed by atoms with van der Waals surface area (Å²) in [5, 5.41) is 4.06. The summed E-state index contributed by atoms with van der Waals surface area (Å²) in [5.41, 5.74) is 0.843. The molecule has 0 heterocycles. The van der Waals surface area contributed by atoms with Gasteiger partial charge in [0.2, 0.25) is 0 Å². The van der Waals surface area contributed by atoms with E-state index in [0.29, 0.717) is 31.9 Å². The van der Waals surface area contributed by atoms with Gasteiger partial charge in [0.25, 0.3) is 5.91 Å². The van der Waals surface area contributed by atoms with Crippen molar-refractivity contribution in [2.45, 2.75) is 6.54 Å².